The maximum Gasteiger partial charge on any atom is 0.331 e. The van der Waals surface area contributed by atoms with E-state index in [2.05, 4.69) is 19.2 Å². The zero-order valence-corrected chi connectivity index (χ0v) is 13.1. The number of esters is 1. The molecule has 1 aromatic rings. The van der Waals surface area contributed by atoms with Crippen LogP contribution in [0.3, 0.4) is 0 Å². The highest BCUT2D eigenvalue weighted by Crippen LogP contribution is 2.42. The van der Waals surface area contributed by atoms with E-state index in [0.29, 0.717) is 5.02 Å². The molecule has 0 saturated heterocycles. The van der Waals surface area contributed by atoms with Gasteiger partial charge in [-0.25, -0.2) is 4.79 Å². The molecule has 0 unspecified atom stereocenters. The molecule has 2 rings (SSSR count). The molecule has 1 aliphatic carbocycles. The second-order valence-electron chi connectivity index (χ2n) is 6.37. The molecule has 3 nitrogen and oxygen atoms in total. The summed E-state index contributed by atoms with van der Waals surface area (Å²) in [5.74, 6) is -0.187. The molecule has 4 heteroatoms. The van der Waals surface area contributed by atoms with Gasteiger partial charge in [-0.05, 0) is 49.3 Å². The van der Waals surface area contributed by atoms with Crippen molar-refractivity contribution in [3.8, 4) is 0 Å². The first-order chi connectivity index (χ1) is 9.37. The monoisotopic (exact) mass is 295 g/mol. The van der Waals surface area contributed by atoms with Crippen LogP contribution in [0.1, 0.15) is 39.5 Å². The Balaban J connectivity index is 2.23. The second-order valence-corrected chi connectivity index (χ2v) is 6.81. The molecule has 0 heterocycles. The number of anilines is 1. The summed E-state index contributed by atoms with van der Waals surface area (Å²) in [7, 11) is 1.45. The first-order valence-electron chi connectivity index (χ1n) is 6.99. The van der Waals surface area contributed by atoms with Gasteiger partial charge in [-0.3, -0.25) is 0 Å². The summed E-state index contributed by atoms with van der Waals surface area (Å²) in [5, 5.41) is 4.02. The average molecular weight is 296 g/mol. The van der Waals surface area contributed by atoms with Gasteiger partial charge in [0.25, 0.3) is 0 Å². The first kappa shape index (κ1) is 15.2. The Morgan fingerprint density at radius 2 is 1.90 bits per heavy atom. The van der Waals surface area contributed by atoms with Crippen LogP contribution < -0.4 is 5.32 Å². The maximum absolute atomic E-state index is 12.3. The molecule has 0 bridgehead atoms. The molecule has 0 aliphatic heterocycles. The van der Waals surface area contributed by atoms with E-state index in [4.69, 9.17) is 16.3 Å². The van der Waals surface area contributed by atoms with E-state index in [1.165, 1.54) is 7.11 Å². The summed E-state index contributed by atoms with van der Waals surface area (Å²) >= 11 is 6.01. The topological polar surface area (TPSA) is 38.3 Å². The van der Waals surface area contributed by atoms with Crippen molar-refractivity contribution in [1.82, 2.24) is 0 Å². The molecule has 1 aliphatic rings. The van der Waals surface area contributed by atoms with Gasteiger partial charge in [0.1, 0.15) is 5.54 Å². The molecule has 0 radical (unpaired) electrons. The molecule has 0 amide bonds. The number of benzene rings is 1. The number of hydrogen-bond donors (Lipinski definition) is 1. The molecule has 0 aromatic heterocycles. The smallest absolute Gasteiger partial charge is 0.331 e. The SMILES string of the molecule is COC(=O)C1(Nc2cccc(Cl)c2)CCC(C)(C)CC1. The number of ether oxygens (including phenoxy) is 1. The number of hydrogen-bond acceptors (Lipinski definition) is 3. The summed E-state index contributed by atoms with van der Waals surface area (Å²) in [6.07, 6.45) is 3.55. The lowest BCUT2D eigenvalue weighted by Gasteiger charge is -2.42. The largest absolute Gasteiger partial charge is 0.467 e. The van der Waals surface area contributed by atoms with E-state index >= 15 is 0 Å². The Morgan fingerprint density at radius 3 is 2.45 bits per heavy atom. The standard InChI is InChI=1S/C16H22ClNO2/c1-15(2)7-9-16(10-8-15,14(19)20-3)18-13-6-4-5-12(17)11-13/h4-6,11,18H,7-10H2,1-3H3. The molecule has 20 heavy (non-hydrogen) atoms. The number of nitrogens with one attached hydrogen (secondary N) is 1. The summed E-state index contributed by atoms with van der Waals surface area (Å²) in [6, 6.07) is 7.46. The van der Waals surface area contributed by atoms with Gasteiger partial charge in [0.2, 0.25) is 0 Å². The van der Waals surface area contributed by atoms with Crippen molar-refractivity contribution in [3.63, 3.8) is 0 Å². The number of halogens is 1. The first-order valence-corrected chi connectivity index (χ1v) is 7.37. The van der Waals surface area contributed by atoms with Gasteiger partial charge in [-0.2, -0.15) is 0 Å². The van der Waals surface area contributed by atoms with E-state index < -0.39 is 5.54 Å². The van der Waals surface area contributed by atoms with Crippen molar-refractivity contribution in [2.24, 2.45) is 5.41 Å². The Labute approximate surface area is 125 Å². The fourth-order valence-electron chi connectivity index (χ4n) is 2.77. The van der Waals surface area contributed by atoms with Crippen molar-refractivity contribution in [2.45, 2.75) is 45.1 Å². The molecule has 1 N–H and O–H groups in total. The van der Waals surface area contributed by atoms with E-state index in [9.17, 15) is 4.79 Å². The number of carbonyl (C=O) groups is 1. The van der Waals surface area contributed by atoms with Crippen LogP contribution in [0, 0.1) is 5.41 Å². The average Bonchev–Trinajstić information content (AvgIpc) is 2.41. The van der Waals surface area contributed by atoms with Gasteiger partial charge in [0.05, 0.1) is 7.11 Å². The summed E-state index contributed by atoms with van der Waals surface area (Å²) < 4.78 is 5.03. The highest BCUT2D eigenvalue weighted by molar-refractivity contribution is 6.30. The van der Waals surface area contributed by atoms with Crippen LogP contribution in [0.15, 0.2) is 24.3 Å². The highest BCUT2D eigenvalue weighted by Gasteiger charge is 2.44. The fraction of sp³-hybridized carbons (Fsp3) is 0.562. The highest BCUT2D eigenvalue weighted by atomic mass is 35.5. The third kappa shape index (κ3) is 3.26. The zero-order chi connectivity index (χ0) is 14.8. The molecule has 110 valence electrons. The summed E-state index contributed by atoms with van der Waals surface area (Å²) in [6.45, 7) is 4.49. The number of carbonyl (C=O) groups excluding carboxylic acids is 1. The Bertz CT molecular complexity index is 489. The van der Waals surface area contributed by atoms with Crippen molar-refractivity contribution in [3.05, 3.63) is 29.3 Å². The lowest BCUT2D eigenvalue weighted by molar-refractivity contribution is -0.148. The number of rotatable bonds is 3. The predicted octanol–water partition coefficient (Wildman–Crippen LogP) is 4.26. The van der Waals surface area contributed by atoms with Crippen molar-refractivity contribution >= 4 is 23.3 Å². The van der Waals surface area contributed by atoms with E-state index in [1.807, 2.05) is 24.3 Å². The van der Waals surface area contributed by atoms with Gasteiger partial charge in [0.15, 0.2) is 0 Å². The maximum atomic E-state index is 12.3. The Morgan fingerprint density at radius 1 is 1.25 bits per heavy atom. The summed E-state index contributed by atoms with van der Waals surface area (Å²) in [4.78, 5) is 12.3. The third-order valence-corrected chi connectivity index (χ3v) is 4.48. The zero-order valence-electron chi connectivity index (χ0n) is 12.3. The Hall–Kier alpha value is -1.22. The predicted molar refractivity (Wildman–Crippen MR) is 82.1 cm³/mol. The summed E-state index contributed by atoms with van der Waals surface area (Å²) in [5.41, 5.74) is 0.519. The van der Waals surface area contributed by atoms with Gasteiger partial charge < -0.3 is 10.1 Å². The van der Waals surface area contributed by atoms with Gasteiger partial charge >= 0.3 is 5.97 Å². The minimum Gasteiger partial charge on any atom is -0.467 e. The Kier molecular flexibility index (Phi) is 4.28. The van der Waals surface area contributed by atoms with Crippen molar-refractivity contribution < 1.29 is 9.53 Å². The molecule has 0 atom stereocenters. The van der Waals surface area contributed by atoms with Crippen molar-refractivity contribution in [2.75, 3.05) is 12.4 Å². The third-order valence-electron chi connectivity index (χ3n) is 4.24. The van der Waals surface area contributed by atoms with E-state index in [-0.39, 0.29) is 11.4 Å². The number of methoxy groups -OCH3 is 1. The van der Waals surface area contributed by atoms with E-state index in [1.54, 1.807) is 0 Å². The van der Waals surface area contributed by atoms with Crippen LogP contribution in [-0.2, 0) is 9.53 Å². The molecule has 0 spiro atoms. The molecular formula is C16H22ClNO2. The lowest BCUT2D eigenvalue weighted by atomic mass is 9.69. The fourth-order valence-corrected chi connectivity index (χ4v) is 2.96. The quantitative estimate of drug-likeness (QED) is 0.847. The minimum absolute atomic E-state index is 0.187. The molecule has 1 aromatic carbocycles. The molecular weight excluding hydrogens is 274 g/mol. The van der Waals surface area contributed by atoms with Crippen molar-refractivity contribution in [1.29, 1.82) is 0 Å². The molecule has 1 fully saturated rings. The normalized spacial score (nSPS) is 20.2. The van der Waals surface area contributed by atoms with Gasteiger partial charge in [-0.1, -0.05) is 31.5 Å². The van der Waals surface area contributed by atoms with Crippen LogP contribution >= 0.6 is 11.6 Å². The lowest BCUT2D eigenvalue weighted by Crippen LogP contribution is -2.51. The second kappa shape index (κ2) is 5.65. The van der Waals surface area contributed by atoms with Crippen LogP contribution in [0.5, 0.6) is 0 Å². The van der Waals surface area contributed by atoms with E-state index in [0.717, 1.165) is 31.4 Å². The van der Waals surface area contributed by atoms with Gasteiger partial charge in [-0.15, -0.1) is 0 Å². The van der Waals surface area contributed by atoms with Crippen LogP contribution in [0.2, 0.25) is 5.02 Å². The minimum atomic E-state index is -0.630. The van der Waals surface area contributed by atoms with Crippen LogP contribution in [-0.4, -0.2) is 18.6 Å². The van der Waals surface area contributed by atoms with Crippen LogP contribution in [0.25, 0.3) is 0 Å². The molecule has 1 saturated carbocycles. The van der Waals surface area contributed by atoms with Gasteiger partial charge in [0, 0.05) is 10.7 Å². The van der Waals surface area contributed by atoms with Crippen LogP contribution in [0.4, 0.5) is 5.69 Å².